The Kier molecular flexibility index (Phi) is 4.50. The summed E-state index contributed by atoms with van der Waals surface area (Å²) < 4.78 is 0. The highest BCUT2D eigenvalue weighted by Crippen LogP contribution is 2.12. The molecule has 0 aliphatic carbocycles. The van der Waals surface area contributed by atoms with Crippen LogP contribution in [0.25, 0.3) is 0 Å². The zero-order valence-electron chi connectivity index (χ0n) is 11.0. The molecule has 1 atom stereocenters. The average molecular weight is 260 g/mol. The van der Waals surface area contributed by atoms with E-state index in [1.165, 1.54) is 11.1 Å². The number of nitrogens with zero attached hydrogens (tertiary/aromatic N) is 1. The van der Waals surface area contributed by atoms with E-state index in [1.807, 2.05) is 6.92 Å². The van der Waals surface area contributed by atoms with Crippen molar-refractivity contribution in [1.82, 2.24) is 4.98 Å². The predicted molar refractivity (Wildman–Crippen MR) is 78.0 cm³/mol. The van der Waals surface area contributed by atoms with E-state index in [-0.39, 0.29) is 6.04 Å². The summed E-state index contributed by atoms with van der Waals surface area (Å²) >= 11 is 1.70. The molecule has 1 aromatic carbocycles. The van der Waals surface area contributed by atoms with Gasteiger partial charge in [-0.3, -0.25) is 0 Å². The minimum Gasteiger partial charge on any atom is -0.327 e. The zero-order valence-corrected chi connectivity index (χ0v) is 11.8. The van der Waals surface area contributed by atoms with Crippen molar-refractivity contribution in [1.29, 1.82) is 0 Å². The molecule has 2 aromatic rings. The van der Waals surface area contributed by atoms with E-state index in [9.17, 15) is 0 Å². The van der Waals surface area contributed by atoms with E-state index in [0.717, 1.165) is 30.0 Å². The van der Waals surface area contributed by atoms with E-state index in [2.05, 4.69) is 41.6 Å². The summed E-state index contributed by atoms with van der Waals surface area (Å²) in [5.41, 5.74) is 9.99. The maximum Gasteiger partial charge on any atom is 0.0897 e. The summed E-state index contributed by atoms with van der Waals surface area (Å²) in [6.45, 7) is 4.16. The standard InChI is InChI=1S/C15H20N2S/c1-11-4-3-5-13(8-11)6-7-14(16)9-15-10-18-12(2)17-15/h3-5,8,10,14H,6-7,9,16H2,1-2H3. The van der Waals surface area contributed by atoms with Gasteiger partial charge < -0.3 is 5.73 Å². The molecule has 0 fully saturated rings. The number of benzene rings is 1. The molecule has 2 nitrogen and oxygen atoms in total. The molecular formula is C15H20N2S. The van der Waals surface area contributed by atoms with Gasteiger partial charge in [-0.05, 0) is 32.3 Å². The van der Waals surface area contributed by atoms with Gasteiger partial charge in [-0.25, -0.2) is 4.98 Å². The van der Waals surface area contributed by atoms with Crippen molar-refractivity contribution in [3.63, 3.8) is 0 Å². The fraction of sp³-hybridized carbons (Fsp3) is 0.400. The number of thiazole rings is 1. The van der Waals surface area contributed by atoms with E-state index < -0.39 is 0 Å². The van der Waals surface area contributed by atoms with Gasteiger partial charge in [-0.1, -0.05) is 29.8 Å². The van der Waals surface area contributed by atoms with Crippen molar-refractivity contribution in [3.05, 3.63) is 51.5 Å². The van der Waals surface area contributed by atoms with Crippen LogP contribution in [0.5, 0.6) is 0 Å². The number of hydrogen-bond acceptors (Lipinski definition) is 3. The summed E-state index contributed by atoms with van der Waals surface area (Å²) in [6.07, 6.45) is 2.95. The number of aromatic nitrogens is 1. The highest BCUT2D eigenvalue weighted by molar-refractivity contribution is 7.09. The van der Waals surface area contributed by atoms with Gasteiger partial charge in [0.1, 0.15) is 0 Å². The molecule has 0 aliphatic rings. The first kappa shape index (κ1) is 13.2. The first-order valence-electron chi connectivity index (χ1n) is 6.35. The lowest BCUT2D eigenvalue weighted by Crippen LogP contribution is -2.23. The van der Waals surface area contributed by atoms with Crippen LogP contribution in [0.1, 0.15) is 28.2 Å². The van der Waals surface area contributed by atoms with E-state index in [0.29, 0.717) is 0 Å². The van der Waals surface area contributed by atoms with E-state index >= 15 is 0 Å². The van der Waals surface area contributed by atoms with Crippen LogP contribution >= 0.6 is 11.3 Å². The van der Waals surface area contributed by atoms with Crippen LogP contribution in [-0.4, -0.2) is 11.0 Å². The molecule has 1 unspecified atom stereocenters. The monoisotopic (exact) mass is 260 g/mol. The van der Waals surface area contributed by atoms with Crippen molar-refractivity contribution in [2.24, 2.45) is 5.73 Å². The van der Waals surface area contributed by atoms with Crippen molar-refractivity contribution >= 4 is 11.3 Å². The molecule has 2 N–H and O–H groups in total. The molecule has 3 heteroatoms. The van der Waals surface area contributed by atoms with Crippen LogP contribution in [0, 0.1) is 13.8 Å². The highest BCUT2D eigenvalue weighted by atomic mass is 32.1. The molecule has 0 amide bonds. The van der Waals surface area contributed by atoms with E-state index in [4.69, 9.17) is 5.73 Å². The zero-order chi connectivity index (χ0) is 13.0. The maximum absolute atomic E-state index is 6.17. The number of rotatable bonds is 5. The van der Waals surface area contributed by atoms with Gasteiger partial charge in [0.05, 0.1) is 10.7 Å². The minimum absolute atomic E-state index is 0.201. The molecule has 0 radical (unpaired) electrons. The fourth-order valence-corrected chi connectivity index (χ4v) is 2.72. The van der Waals surface area contributed by atoms with Gasteiger partial charge >= 0.3 is 0 Å². The molecule has 2 rings (SSSR count). The lowest BCUT2D eigenvalue weighted by Gasteiger charge is -2.10. The van der Waals surface area contributed by atoms with Crippen LogP contribution in [0.3, 0.4) is 0 Å². The molecule has 0 bridgehead atoms. The number of aryl methyl sites for hydroxylation is 3. The molecule has 0 saturated heterocycles. The van der Waals surface area contributed by atoms with Gasteiger partial charge in [0.2, 0.25) is 0 Å². The van der Waals surface area contributed by atoms with Crippen molar-refractivity contribution in [2.45, 2.75) is 39.2 Å². The Labute approximate surface area is 113 Å². The summed E-state index contributed by atoms with van der Waals surface area (Å²) in [5.74, 6) is 0. The molecule has 1 aromatic heterocycles. The van der Waals surface area contributed by atoms with Crippen LogP contribution in [-0.2, 0) is 12.8 Å². The molecule has 18 heavy (non-hydrogen) atoms. The van der Waals surface area contributed by atoms with Gasteiger partial charge in [0, 0.05) is 17.8 Å². The Bertz CT molecular complexity index is 505. The Morgan fingerprint density at radius 1 is 1.33 bits per heavy atom. The molecule has 1 heterocycles. The second kappa shape index (κ2) is 6.12. The first-order valence-corrected chi connectivity index (χ1v) is 7.23. The summed E-state index contributed by atoms with van der Waals surface area (Å²) in [7, 11) is 0. The third-order valence-electron chi connectivity index (χ3n) is 3.02. The second-order valence-electron chi connectivity index (χ2n) is 4.85. The molecule has 0 aliphatic heterocycles. The average Bonchev–Trinajstić information content (AvgIpc) is 2.72. The SMILES string of the molecule is Cc1cccc(CCC(N)Cc2csc(C)n2)c1. The largest absolute Gasteiger partial charge is 0.327 e. The lowest BCUT2D eigenvalue weighted by atomic mass is 10.0. The molecular weight excluding hydrogens is 240 g/mol. The van der Waals surface area contributed by atoms with Crippen LogP contribution in [0.15, 0.2) is 29.6 Å². The quantitative estimate of drug-likeness (QED) is 0.896. The predicted octanol–water partition coefficient (Wildman–Crippen LogP) is 3.26. The van der Waals surface area contributed by atoms with Crippen molar-refractivity contribution in [3.8, 4) is 0 Å². The smallest absolute Gasteiger partial charge is 0.0897 e. The van der Waals surface area contributed by atoms with E-state index in [1.54, 1.807) is 11.3 Å². The lowest BCUT2D eigenvalue weighted by molar-refractivity contribution is 0.604. The van der Waals surface area contributed by atoms with Gasteiger partial charge in [0.15, 0.2) is 0 Å². The first-order chi connectivity index (χ1) is 8.63. The Balaban J connectivity index is 1.83. The summed E-state index contributed by atoms with van der Waals surface area (Å²) in [5, 5.41) is 3.23. The number of hydrogen-bond donors (Lipinski definition) is 1. The normalized spacial score (nSPS) is 12.6. The number of nitrogens with two attached hydrogens (primary N) is 1. The van der Waals surface area contributed by atoms with Crippen molar-refractivity contribution < 1.29 is 0 Å². The van der Waals surface area contributed by atoms with Gasteiger partial charge in [0.25, 0.3) is 0 Å². The van der Waals surface area contributed by atoms with Crippen molar-refractivity contribution in [2.75, 3.05) is 0 Å². The van der Waals surface area contributed by atoms with Crippen LogP contribution < -0.4 is 5.73 Å². The fourth-order valence-electron chi connectivity index (χ4n) is 2.09. The third-order valence-corrected chi connectivity index (χ3v) is 3.85. The summed E-state index contributed by atoms with van der Waals surface area (Å²) in [4.78, 5) is 4.46. The Morgan fingerprint density at radius 2 is 2.17 bits per heavy atom. The molecule has 0 spiro atoms. The van der Waals surface area contributed by atoms with Gasteiger partial charge in [-0.15, -0.1) is 11.3 Å². The van der Waals surface area contributed by atoms with Gasteiger partial charge in [-0.2, -0.15) is 0 Å². The highest BCUT2D eigenvalue weighted by Gasteiger charge is 2.07. The maximum atomic E-state index is 6.17. The third kappa shape index (κ3) is 3.93. The van der Waals surface area contributed by atoms with Crippen LogP contribution in [0.2, 0.25) is 0 Å². The molecule has 96 valence electrons. The molecule has 0 saturated carbocycles. The second-order valence-corrected chi connectivity index (χ2v) is 5.91. The topological polar surface area (TPSA) is 38.9 Å². The Hall–Kier alpha value is -1.19. The Morgan fingerprint density at radius 3 is 2.83 bits per heavy atom. The minimum atomic E-state index is 0.201. The van der Waals surface area contributed by atoms with Crippen LogP contribution in [0.4, 0.5) is 0 Å². The summed E-state index contributed by atoms with van der Waals surface area (Å²) in [6, 6.07) is 8.85.